The topological polar surface area (TPSA) is 41.6 Å². The van der Waals surface area contributed by atoms with Gasteiger partial charge in [-0.2, -0.15) is 0 Å². The van der Waals surface area contributed by atoms with Crippen LogP contribution >= 0.6 is 11.6 Å². The molecule has 106 valence electrons. The Kier molecular flexibility index (Phi) is 3.68. The monoisotopic (exact) mass is 292 g/mol. The molecule has 0 unspecified atom stereocenters. The zero-order valence-electron chi connectivity index (χ0n) is 11.4. The zero-order valence-corrected chi connectivity index (χ0v) is 12.2. The van der Waals surface area contributed by atoms with Crippen molar-refractivity contribution < 1.29 is 9.53 Å². The number of piperidine rings is 1. The van der Waals surface area contributed by atoms with Crippen molar-refractivity contribution in [2.45, 2.75) is 19.8 Å². The van der Waals surface area contributed by atoms with Crippen LogP contribution in [0.25, 0.3) is 0 Å². The lowest BCUT2D eigenvalue weighted by Gasteiger charge is -2.31. The third kappa shape index (κ3) is 2.30. The molecule has 0 spiro atoms. The summed E-state index contributed by atoms with van der Waals surface area (Å²) >= 11 is 6.02. The van der Waals surface area contributed by atoms with E-state index in [0.717, 1.165) is 37.2 Å². The number of fused-ring (bicyclic) bond motifs is 1. The van der Waals surface area contributed by atoms with E-state index in [1.807, 2.05) is 13.0 Å². The van der Waals surface area contributed by atoms with Gasteiger partial charge in [0, 0.05) is 11.6 Å². The molecule has 1 aromatic rings. The first-order valence-corrected chi connectivity index (χ1v) is 7.30. The molecule has 2 aliphatic rings. The quantitative estimate of drug-likeness (QED) is 0.809. The number of carbonyl (C=O) groups is 1. The molecule has 0 aromatic heterocycles. The van der Waals surface area contributed by atoms with Crippen molar-refractivity contribution in [3.05, 3.63) is 34.6 Å². The van der Waals surface area contributed by atoms with E-state index in [4.69, 9.17) is 16.3 Å². The van der Waals surface area contributed by atoms with E-state index in [1.165, 1.54) is 0 Å². The fraction of sp³-hybridized carbons (Fsp3) is 0.400. The maximum Gasteiger partial charge on any atom is 0.294 e. The van der Waals surface area contributed by atoms with Crippen molar-refractivity contribution in [2.24, 2.45) is 0 Å². The molecule has 0 atom stereocenters. The van der Waals surface area contributed by atoms with Gasteiger partial charge >= 0.3 is 0 Å². The minimum Gasteiger partial charge on any atom is -0.449 e. The van der Waals surface area contributed by atoms with Crippen LogP contribution in [-0.2, 0) is 4.79 Å². The summed E-state index contributed by atoms with van der Waals surface area (Å²) in [7, 11) is 0. The molecule has 0 saturated carbocycles. The van der Waals surface area contributed by atoms with Gasteiger partial charge in [0.15, 0.2) is 11.5 Å². The van der Waals surface area contributed by atoms with Gasteiger partial charge in [0.1, 0.15) is 0 Å². The van der Waals surface area contributed by atoms with Gasteiger partial charge in [-0.25, -0.2) is 0 Å². The van der Waals surface area contributed by atoms with Crippen LogP contribution in [0.1, 0.15) is 19.8 Å². The summed E-state index contributed by atoms with van der Waals surface area (Å²) in [5.74, 6) is 1.15. The summed E-state index contributed by atoms with van der Waals surface area (Å²) in [6, 6.07) is 5.39. The molecule has 1 amide bonds. The van der Waals surface area contributed by atoms with Crippen molar-refractivity contribution in [2.75, 3.05) is 24.5 Å². The third-order valence-electron chi connectivity index (χ3n) is 3.71. The highest BCUT2D eigenvalue weighted by Gasteiger charge is 2.32. The molecule has 4 nitrogen and oxygen atoms in total. The molecule has 5 heteroatoms. The van der Waals surface area contributed by atoms with E-state index in [2.05, 4.69) is 5.32 Å². The lowest BCUT2D eigenvalue weighted by atomic mass is 10.0. The summed E-state index contributed by atoms with van der Waals surface area (Å²) < 4.78 is 5.87. The zero-order chi connectivity index (χ0) is 14.1. The third-order valence-corrected chi connectivity index (χ3v) is 3.94. The molecule has 1 saturated heterocycles. The first-order valence-electron chi connectivity index (χ1n) is 6.92. The number of hydrogen-bond acceptors (Lipinski definition) is 3. The highest BCUT2D eigenvalue weighted by molar-refractivity contribution is 6.31. The summed E-state index contributed by atoms with van der Waals surface area (Å²) in [6.07, 6.45) is 1.73. The Bertz CT molecular complexity index is 575. The number of ether oxygens (including phenoxy) is 1. The van der Waals surface area contributed by atoms with E-state index in [0.29, 0.717) is 23.1 Å². The highest BCUT2D eigenvalue weighted by Crippen LogP contribution is 2.38. The molecule has 2 aliphatic heterocycles. The average molecular weight is 293 g/mol. The fourth-order valence-corrected chi connectivity index (χ4v) is 2.83. The largest absolute Gasteiger partial charge is 0.449 e. The summed E-state index contributed by atoms with van der Waals surface area (Å²) in [5, 5.41) is 3.90. The molecule has 1 aromatic carbocycles. The molecule has 1 N–H and O–H groups in total. The van der Waals surface area contributed by atoms with E-state index >= 15 is 0 Å². The highest BCUT2D eigenvalue weighted by atomic mass is 35.5. The first-order chi connectivity index (χ1) is 9.70. The Morgan fingerprint density at radius 3 is 2.80 bits per heavy atom. The van der Waals surface area contributed by atoms with Crippen LogP contribution in [0.4, 0.5) is 5.69 Å². The average Bonchev–Trinajstić information content (AvgIpc) is 2.48. The van der Waals surface area contributed by atoms with Gasteiger partial charge in [-0.05, 0) is 56.6 Å². The number of nitrogens with zero attached hydrogens (tertiary/aromatic N) is 1. The second-order valence-corrected chi connectivity index (χ2v) is 5.38. The van der Waals surface area contributed by atoms with Gasteiger partial charge in [-0.15, -0.1) is 0 Å². The van der Waals surface area contributed by atoms with Crippen molar-refractivity contribution in [3.8, 4) is 5.75 Å². The van der Waals surface area contributed by atoms with Crippen LogP contribution in [0.2, 0.25) is 5.02 Å². The van der Waals surface area contributed by atoms with E-state index in [-0.39, 0.29) is 5.91 Å². The van der Waals surface area contributed by atoms with Crippen LogP contribution in [-0.4, -0.2) is 25.5 Å². The number of hydrogen-bond donors (Lipinski definition) is 1. The van der Waals surface area contributed by atoms with Gasteiger partial charge in [0.05, 0.1) is 5.69 Å². The summed E-state index contributed by atoms with van der Waals surface area (Å²) in [5.41, 5.74) is 1.86. The lowest BCUT2D eigenvalue weighted by molar-refractivity contribution is -0.117. The molecular weight excluding hydrogens is 276 g/mol. The molecule has 0 radical (unpaired) electrons. The van der Waals surface area contributed by atoms with Crippen LogP contribution < -0.4 is 15.0 Å². The van der Waals surface area contributed by atoms with Crippen molar-refractivity contribution in [3.63, 3.8) is 0 Å². The second-order valence-electron chi connectivity index (χ2n) is 4.95. The molecule has 0 bridgehead atoms. The number of benzene rings is 1. The number of nitrogens with one attached hydrogen (secondary N) is 1. The van der Waals surface area contributed by atoms with Crippen molar-refractivity contribution in [1.29, 1.82) is 0 Å². The minimum atomic E-state index is -0.0563. The van der Waals surface area contributed by atoms with Crippen molar-refractivity contribution >= 4 is 23.2 Å². The number of likely N-dealkylation sites (N-methyl/N-ethyl adjacent to an activating group) is 1. The maximum absolute atomic E-state index is 12.6. The van der Waals surface area contributed by atoms with E-state index in [1.54, 1.807) is 17.0 Å². The molecular formula is C15H17ClN2O2. The number of anilines is 1. The Labute approximate surface area is 123 Å². The number of halogens is 1. The first kappa shape index (κ1) is 13.5. The van der Waals surface area contributed by atoms with Gasteiger partial charge < -0.3 is 15.0 Å². The molecule has 3 rings (SSSR count). The van der Waals surface area contributed by atoms with E-state index in [9.17, 15) is 4.79 Å². The van der Waals surface area contributed by atoms with Gasteiger partial charge in [-0.1, -0.05) is 11.6 Å². The predicted octanol–water partition coefficient (Wildman–Crippen LogP) is 2.72. The van der Waals surface area contributed by atoms with Gasteiger partial charge in [0.2, 0.25) is 0 Å². The van der Waals surface area contributed by atoms with Crippen LogP contribution in [0.15, 0.2) is 29.5 Å². The Hall–Kier alpha value is -1.52. The second kappa shape index (κ2) is 5.46. The van der Waals surface area contributed by atoms with Crippen LogP contribution in [0.5, 0.6) is 5.75 Å². The number of amides is 1. The van der Waals surface area contributed by atoms with Gasteiger partial charge in [-0.3, -0.25) is 4.79 Å². The fourth-order valence-electron chi connectivity index (χ4n) is 2.67. The maximum atomic E-state index is 12.6. The molecule has 0 aliphatic carbocycles. The predicted molar refractivity (Wildman–Crippen MR) is 79.2 cm³/mol. The Morgan fingerprint density at radius 1 is 1.35 bits per heavy atom. The van der Waals surface area contributed by atoms with E-state index < -0.39 is 0 Å². The SMILES string of the molecule is CCN1C(=O)C(=C2CCNCC2)Oc2ccc(Cl)cc21. The Balaban J connectivity index is 2.05. The van der Waals surface area contributed by atoms with Crippen LogP contribution in [0, 0.1) is 0 Å². The number of carbonyl (C=O) groups excluding carboxylic acids is 1. The minimum absolute atomic E-state index is 0.0563. The summed E-state index contributed by atoms with van der Waals surface area (Å²) in [4.78, 5) is 14.3. The Morgan fingerprint density at radius 2 is 2.10 bits per heavy atom. The molecule has 2 heterocycles. The summed E-state index contributed by atoms with van der Waals surface area (Å²) in [6.45, 7) is 4.35. The number of rotatable bonds is 1. The standard InChI is InChI=1S/C15H17ClN2O2/c1-2-18-12-9-11(16)3-4-13(12)20-14(15(18)19)10-5-7-17-8-6-10/h3-4,9,17H,2,5-8H2,1H3. The molecule has 1 fully saturated rings. The van der Waals surface area contributed by atoms with Gasteiger partial charge in [0.25, 0.3) is 5.91 Å². The van der Waals surface area contributed by atoms with Crippen LogP contribution in [0.3, 0.4) is 0 Å². The lowest BCUT2D eigenvalue weighted by Crippen LogP contribution is -2.39. The van der Waals surface area contributed by atoms with Crippen molar-refractivity contribution in [1.82, 2.24) is 5.32 Å². The normalized spacial score (nSPS) is 18.9. The smallest absolute Gasteiger partial charge is 0.294 e. The molecule has 20 heavy (non-hydrogen) atoms.